The molecule has 0 aromatic carbocycles. The third-order valence-corrected chi connectivity index (χ3v) is 3.19. The van der Waals surface area contributed by atoms with Crippen LogP contribution in [-0.2, 0) is 0 Å². The molecule has 1 aromatic heterocycles. The smallest absolute Gasteiger partial charge is 0.129 e. The molecule has 0 unspecified atom stereocenters. The van der Waals surface area contributed by atoms with E-state index in [0.29, 0.717) is 11.0 Å². The number of thiocarbonyl (C=S) groups is 1. The molecule has 1 rings (SSSR count). The van der Waals surface area contributed by atoms with Crippen molar-refractivity contribution in [2.75, 3.05) is 11.4 Å². The highest BCUT2D eigenvalue weighted by Gasteiger charge is 2.12. The molecular weight excluding hydrogens is 242 g/mol. The van der Waals surface area contributed by atoms with E-state index >= 15 is 0 Å². The Hall–Kier alpha value is -1.16. The van der Waals surface area contributed by atoms with Gasteiger partial charge >= 0.3 is 0 Å². The lowest BCUT2D eigenvalue weighted by Crippen LogP contribution is -2.32. The van der Waals surface area contributed by atoms with E-state index in [4.69, 9.17) is 18.0 Å². The van der Waals surface area contributed by atoms with E-state index in [1.54, 1.807) is 6.20 Å². The fraction of sp³-hybridized carbons (Fsp3) is 0.571. The van der Waals surface area contributed by atoms with Crippen LogP contribution in [0, 0.1) is 0 Å². The maximum absolute atomic E-state index is 5.67. The van der Waals surface area contributed by atoms with Crippen LogP contribution < -0.4 is 10.6 Å². The normalized spacial score (nSPS) is 10.7. The average molecular weight is 265 g/mol. The molecule has 18 heavy (non-hydrogen) atoms. The van der Waals surface area contributed by atoms with Crippen LogP contribution in [0.15, 0.2) is 18.3 Å². The fourth-order valence-corrected chi connectivity index (χ4v) is 2.03. The summed E-state index contributed by atoms with van der Waals surface area (Å²) >= 11 is 5.01. The molecule has 100 valence electrons. The number of nitrogens with zero attached hydrogens (tertiary/aromatic N) is 2. The van der Waals surface area contributed by atoms with E-state index in [9.17, 15) is 0 Å². The average Bonchev–Trinajstić information content (AvgIpc) is 2.34. The summed E-state index contributed by atoms with van der Waals surface area (Å²) in [6.07, 6.45) is 5.44. The van der Waals surface area contributed by atoms with E-state index in [0.717, 1.165) is 17.9 Å². The van der Waals surface area contributed by atoms with Gasteiger partial charge in [-0.25, -0.2) is 4.98 Å². The van der Waals surface area contributed by atoms with Gasteiger partial charge < -0.3 is 10.6 Å². The lowest BCUT2D eigenvalue weighted by atomic mass is 10.2. The van der Waals surface area contributed by atoms with E-state index in [2.05, 4.69) is 30.7 Å². The highest BCUT2D eigenvalue weighted by Crippen LogP contribution is 2.16. The summed E-state index contributed by atoms with van der Waals surface area (Å²) in [5.74, 6) is 0.964. The Morgan fingerprint density at radius 1 is 1.44 bits per heavy atom. The third kappa shape index (κ3) is 4.26. The first-order valence-corrected chi connectivity index (χ1v) is 6.99. The number of hydrogen-bond donors (Lipinski definition) is 1. The predicted molar refractivity (Wildman–Crippen MR) is 82.1 cm³/mol. The number of unbranched alkanes of at least 4 members (excludes halogenated alkanes) is 2. The Labute approximate surface area is 115 Å². The first-order valence-electron chi connectivity index (χ1n) is 6.58. The van der Waals surface area contributed by atoms with E-state index < -0.39 is 0 Å². The molecule has 0 aliphatic heterocycles. The van der Waals surface area contributed by atoms with Crippen molar-refractivity contribution < 1.29 is 0 Å². The van der Waals surface area contributed by atoms with Crippen LogP contribution in [0.25, 0.3) is 0 Å². The van der Waals surface area contributed by atoms with Gasteiger partial charge in [-0.05, 0) is 32.4 Å². The molecule has 0 saturated heterocycles. The van der Waals surface area contributed by atoms with Crippen LogP contribution >= 0.6 is 12.2 Å². The molecule has 0 spiro atoms. The summed E-state index contributed by atoms with van der Waals surface area (Å²) in [5, 5.41) is 0. The Kier molecular flexibility index (Phi) is 6.05. The first-order chi connectivity index (χ1) is 8.56. The van der Waals surface area contributed by atoms with E-state index in [1.165, 1.54) is 19.3 Å². The van der Waals surface area contributed by atoms with Crippen LogP contribution in [0.2, 0.25) is 0 Å². The molecule has 0 amide bonds. The number of rotatable bonds is 7. The molecule has 4 heteroatoms. The molecule has 0 aliphatic carbocycles. The summed E-state index contributed by atoms with van der Waals surface area (Å²) in [6, 6.07) is 4.26. The van der Waals surface area contributed by atoms with Gasteiger partial charge in [-0.15, -0.1) is 0 Å². The van der Waals surface area contributed by atoms with Crippen molar-refractivity contribution in [3.63, 3.8) is 0 Å². The standard InChI is InChI=1S/C14H23N3S/c1-4-5-6-9-17(11(2)3)13-10-12(14(15)18)7-8-16-13/h7-8,10-11H,4-6,9H2,1-3H3,(H2,15,18). The van der Waals surface area contributed by atoms with Gasteiger partial charge in [0.25, 0.3) is 0 Å². The number of nitrogens with two attached hydrogens (primary N) is 1. The van der Waals surface area contributed by atoms with Crippen molar-refractivity contribution in [2.24, 2.45) is 5.73 Å². The topological polar surface area (TPSA) is 42.1 Å². The largest absolute Gasteiger partial charge is 0.389 e. The molecule has 2 N–H and O–H groups in total. The molecule has 0 radical (unpaired) electrons. The molecule has 0 saturated carbocycles. The minimum Gasteiger partial charge on any atom is -0.389 e. The van der Waals surface area contributed by atoms with E-state index in [1.807, 2.05) is 12.1 Å². The lowest BCUT2D eigenvalue weighted by molar-refractivity contribution is 0.620. The van der Waals surface area contributed by atoms with Gasteiger partial charge in [0, 0.05) is 24.3 Å². The molecule has 3 nitrogen and oxygen atoms in total. The van der Waals surface area contributed by atoms with Crippen molar-refractivity contribution in [3.05, 3.63) is 23.9 Å². The lowest BCUT2D eigenvalue weighted by Gasteiger charge is -2.28. The second-order valence-corrected chi connectivity index (χ2v) is 5.20. The summed E-state index contributed by atoms with van der Waals surface area (Å²) in [5.41, 5.74) is 6.55. The molecule has 0 fully saturated rings. The Bertz CT molecular complexity index is 390. The maximum atomic E-state index is 5.67. The minimum absolute atomic E-state index is 0.427. The van der Waals surface area contributed by atoms with Crippen molar-refractivity contribution in [1.29, 1.82) is 0 Å². The second kappa shape index (κ2) is 7.31. The molecular formula is C14H23N3S. The monoisotopic (exact) mass is 265 g/mol. The molecule has 0 atom stereocenters. The molecule has 1 aromatic rings. The Balaban J connectivity index is 2.84. The maximum Gasteiger partial charge on any atom is 0.129 e. The highest BCUT2D eigenvalue weighted by molar-refractivity contribution is 7.80. The molecule has 1 heterocycles. The summed E-state index contributed by atoms with van der Waals surface area (Å²) in [4.78, 5) is 7.16. The van der Waals surface area contributed by atoms with Gasteiger partial charge in [0.15, 0.2) is 0 Å². The van der Waals surface area contributed by atoms with Crippen LogP contribution in [0.4, 0.5) is 5.82 Å². The minimum atomic E-state index is 0.427. The zero-order valence-electron chi connectivity index (χ0n) is 11.5. The predicted octanol–water partition coefficient (Wildman–Crippen LogP) is 3.12. The fourth-order valence-electron chi connectivity index (χ4n) is 1.90. The van der Waals surface area contributed by atoms with Gasteiger partial charge in [-0.2, -0.15) is 0 Å². The number of anilines is 1. The van der Waals surface area contributed by atoms with Crippen LogP contribution in [0.5, 0.6) is 0 Å². The van der Waals surface area contributed by atoms with Gasteiger partial charge in [-0.3, -0.25) is 0 Å². The number of aromatic nitrogens is 1. The van der Waals surface area contributed by atoms with Crippen LogP contribution in [-0.4, -0.2) is 22.6 Å². The Morgan fingerprint density at radius 3 is 2.72 bits per heavy atom. The Morgan fingerprint density at radius 2 is 2.17 bits per heavy atom. The highest BCUT2D eigenvalue weighted by atomic mass is 32.1. The molecule has 0 bridgehead atoms. The van der Waals surface area contributed by atoms with Gasteiger partial charge in [-0.1, -0.05) is 32.0 Å². The second-order valence-electron chi connectivity index (χ2n) is 4.76. The first kappa shape index (κ1) is 14.9. The van der Waals surface area contributed by atoms with Crippen molar-refractivity contribution >= 4 is 23.0 Å². The number of pyridine rings is 1. The van der Waals surface area contributed by atoms with Crippen molar-refractivity contribution in [2.45, 2.75) is 46.1 Å². The van der Waals surface area contributed by atoms with E-state index in [-0.39, 0.29) is 0 Å². The van der Waals surface area contributed by atoms with Crippen molar-refractivity contribution in [3.8, 4) is 0 Å². The quantitative estimate of drug-likeness (QED) is 0.607. The van der Waals surface area contributed by atoms with Gasteiger partial charge in [0.2, 0.25) is 0 Å². The molecule has 0 aliphatic rings. The zero-order chi connectivity index (χ0) is 13.5. The van der Waals surface area contributed by atoms with Gasteiger partial charge in [0.05, 0.1) is 0 Å². The van der Waals surface area contributed by atoms with Crippen LogP contribution in [0.1, 0.15) is 45.6 Å². The van der Waals surface area contributed by atoms with Crippen molar-refractivity contribution in [1.82, 2.24) is 4.98 Å². The summed E-state index contributed by atoms with van der Waals surface area (Å²) < 4.78 is 0. The van der Waals surface area contributed by atoms with Gasteiger partial charge in [0.1, 0.15) is 10.8 Å². The number of hydrogen-bond acceptors (Lipinski definition) is 3. The van der Waals surface area contributed by atoms with Crippen LogP contribution in [0.3, 0.4) is 0 Å². The SMILES string of the molecule is CCCCCN(c1cc(C(N)=S)ccn1)C(C)C. The third-order valence-electron chi connectivity index (χ3n) is 2.95. The summed E-state index contributed by atoms with van der Waals surface area (Å²) in [6.45, 7) is 7.60. The zero-order valence-corrected chi connectivity index (χ0v) is 12.3. The summed E-state index contributed by atoms with van der Waals surface area (Å²) in [7, 11) is 0.